The minimum absolute atomic E-state index is 0.209. The maximum atomic E-state index is 2.73. The van der Waals surface area contributed by atoms with Crippen LogP contribution in [0.5, 0.6) is 0 Å². The average Bonchev–Trinajstić information content (AvgIpc) is 3.07. The number of halogens is 1. The van der Waals surface area contributed by atoms with E-state index in [1.54, 1.807) is 0 Å². The number of rotatable bonds is 4. The number of fused-ring (bicyclic) bond motifs is 3. The summed E-state index contributed by atoms with van der Waals surface area (Å²) in [5.41, 5.74) is 9.02. The molecule has 0 heterocycles. The fourth-order valence-corrected chi connectivity index (χ4v) is 8.07. The second-order valence-corrected chi connectivity index (χ2v) is 13.2. The molecule has 0 N–H and O–H groups in total. The Hall–Kier alpha value is -4.47. The Morgan fingerprint density at radius 1 is 0.419 bits per heavy atom. The molecule has 0 spiro atoms. The molecule has 7 aromatic carbocycles. The van der Waals surface area contributed by atoms with Crippen LogP contribution >= 0.6 is 22.6 Å². The summed E-state index contributed by atoms with van der Waals surface area (Å²) >= 11 is 2.73. The van der Waals surface area contributed by atoms with Gasteiger partial charge < -0.3 is 0 Å². The van der Waals surface area contributed by atoms with Crippen molar-refractivity contribution in [1.82, 2.24) is 0 Å². The normalized spacial score (nSPS) is 16.3. The summed E-state index contributed by atoms with van der Waals surface area (Å²) in [7, 11) is 0. The molecule has 0 aliphatic heterocycles. The lowest BCUT2D eigenvalue weighted by molar-refractivity contribution is 0.834. The number of allylic oxidation sites excluding steroid dienone is 4. The van der Waals surface area contributed by atoms with E-state index in [-0.39, 0.29) is 3.42 Å². The molecule has 1 heteroatoms. The van der Waals surface area contributed by atoms with Crippen molar-refractivity contribution in [3.8, 4) is 33.4 Å². The van der Waals surface area contributed by atoms with Crippen LogP contribution in [0.1, 0.15) is 12.0 Å². The van der Waals surface area contributed by atoms with Gasteiger partial charge in [0.1, 0.15) is 0 Å². The summed E-state index contributed by atoms with van der Waals surface area (Å²) in [4.78, 5) is 0. The van der Waals surface area contributed by atoms with Gasteiger partial charge in [-0.05, 0) is 77.7 Å². The van der Waals surface area contributed by atoms with Gasteiger partial charge in [0.05, 0.1) is 3.42 Å². The number of hydrogen-bond acceptors (Lipinski definition) is 0. The van der Waals surface area contributed by atoms with Crippen LogP contribution in [0.25, 0.3) is 65.7 Å². The van der Waals surface area contributed by atoms with Crippen LogP contribution < -0.4 is 0 Å². The maximum absolute atomic E-state index is 2.73. The van der Waals surface area contributed by atoms with Crippen molar-refractivity contribution in [2.75, 3.05) is 0 Å². The largest absolute Gasteiger partial charge is 0.0826 e. The van der Waals surface area contributed by atoms with Crippen molar-refractivity contribution < 1.29 is 0 Å². The first kappa shape index (κ1) is 26.2. The summed E-state index contributed by atoms with van der Waals surface area (Å²) in [5.74, 6) is 0. The van der Waals surface area contributed by atoms with Crippen molar-refractivity contribution in [1.29, 1.82) is 0 Å². The van der Waals surface area contributed by atoms with Gasteiger partial charge in [0.15, 0.2) is 0 Å². The summed E-state index contributed by atoms with van der Waals surface area (Å²) < 4.78 is -0.209. The van der Waals surface area contributed by atoms with Gasteiger partial charge in [-0.2, -0.15) is 0 Å². The van der Waals surface area contributed by atoms with Crippen molar-refractivity contribution in [2.24, 2.45) is 0 Å². The van der Waals surface area contributed by atoms with Gasteiger partial charge in [-0.1, -0.05) is 186 Å². The highest BCUT2D eigenvalue weighted by Crippen LogP contribution is 2.55. The number of alkyl halides is 1. The van der Waals surface area contributed by atoms with Gasteiger partial charge in [0.25, 0.3) is 0 Å². The molecule has 0 aromatic heterocycles. The zero-order valence-electron chi connectivity index (χ0n) is 23.7. The first-order chi connectivity index (χ1) is 21.2. The standard InChI is InChI=1S/C42H29I/c43-42(27-15-4-16-28-42)41-35-26-14-13-25-34(35)37(30-19-7-2-8-20-30)39-36(29-17-5-1-6-18-29)32-23-11-12-24-33(32)38(40(39)41)31-21-9-3-10-22-31/h1-27H,28H2/t42-/m0/s1. The quantitative estimate of drug-likeness (QED) is 0.100. The van der Waals surface area contributed by atoms with E-state index in [0.717, 1.165) is 6.42 Å². The predicted octanol–water partition coefficient (Wildman–Crippen LogP) is 12.3. The third-order valence-electron chi connectivity index (χ3n) is 8.81. The van der Waals surface area contributed by atoms with E-state index in [4.69, 9.17) is 0 Å². The Labute approximate surface area is 266 Å². The first-order valence-electron chi connectivity index (χ1n) is 14.9. The SMILES string of the molecule is I[C@@]1(c2c3ccccc3c(-c3ccccc3)c3c(-c4ccccc4)c4ccccc4c(-c4ccccc4)c23)C=CC=CC1. The molecule has 8 rings (SSSR count). The molecule has 43 heavy (non-hydrogen) atoms. The summed E-state index contributed by atoms with van der Waals surface area (Å²) in [6.07, 6.45) is 10.1. The zero-order chi connectivity index (χ0) is 28.8. The molecule has 0 saturated heterocycles. The molecule has 0 radical (unpaired) electrons. The van der Waals surface area contributed by atoms with Gasteiger partial charge in [-0.3, -0.25) is 0 Å². The fraction of sp³-hybridized carbons (Fsp3) is 0.0476. The molecule has 0 saturated carbocycles. The highest BCUT2D eigenvalue weighted by atomic mass is 127. The summed E-state index contributed by atoms with van der Waals surface area (Å²) in [6.45, 7) is 0. The molecule has 0 unspecified atom stereocenters. The lowest BCUT2D eigenvalue weighted by Crippen LogP contribution is -2.17. The highest BCUT2D eigenvalue weighted by molar-refractivity contribution is 14.1. The van der Waals surface area contributed by atoms with Crippen molar-refractivity contribution in [2.45, 2.75) is 9.84 Å². The lowest BCUT2D eigenvalue weighted by Gasteiger charge is -2.32. The molecule has 0 fully saturated rings. The van der Waals surface area contributed by atoms with Gasteiger partial charge in [-0.25, -0.2) is 0 Å². The second kappa shape index (κ2) is 10.7. The van der Waals surface area contributed by atoms with Gasteiger partial charge >= 0.3 is 0 Å². The average molecular weight is 661 g/mol. The molecular weight excluding hydrogens is 631 g/mol. The Balaban J connectivity index is 1.76. The van der Waals surface area contributed by atoms with E-state index in [9.17, 15) is 0 Å². The van der Waals surface area contributed by atoms with Crippen LogP contribution in [-0.4, -0.2) is 0 Å². The van der Waals surface area contributed by atoms with E-state index >= 15 is 0 Å². The Morgan fingerprint density at radius 2 is 0.814 bits per heavy atom. The highest BCUT2D eigenvalue weighted by Gasteiger charge is 2.34. The molecule has 0 amide bonds. The molecule has 1 atom stereocenters. The summed E-state index contributed by atoms with van der Waals surface area (Å²) in [5, 5.41) is 7.83. The second-order valence-electron chi connectivity index (χ2n) is 11.3. The van der Waals surface area contributed by atoms with Crippen LogP contribution in [-0.2, 0) is 3.42 Å². The fourth-order valence-electron chi connectivity index (χ4n) is 7.05. The van der Waals surface area contributed by atoms with Crippen LogP contribution in [0.3, 0.4) is 0 Å². The first-order valence-corrected chi connectivity index (χ1v) is 16.0. The summed E-state index contributed by atoms with van der Waals surface area (Å²) in [6, 6.07) is 51.1. The monoisotopic (exact) mass is 660 g/mol. The van der Waals surface area contributed by atoms with Crippen LogP contribution in [0.2, 0.25) is 0 Å². The molecular formula is C42H29I. The molecule has 1 aliphatic carbocycles. The minimum atomic E-state index is -0.209. The van der Waals surface area contributed by atoms with Crippen LogP contribution in [0.15, 0.2) is 164 Å². The van der Waals surface area contributed by atoms with Gasteiger partial charge in [0, 0.05) is 0 Å². The minimum Gasteiger partial charge on any atom is -0.0826 e. The molecule has 204 valence electrons. The van der Waals surface area contributed by atoms with Crippen LogP contribution in [0, 0.1) is 0 Å². The Bertz CT molecular complexity index is 2150. The van der Waals surface area contributed by atoms with Crippen molar-refractivity contribution >= 4 is 54.9 Å². The van der Waals surface area contributed by atoms with Crippen molar-refractivity contribution in [3.05, 3.63) is 169 Å². The van der Waals surface area contributed by atoms with Gasteiger partial charge in [0.2, 0.25) is 0 Å². The van der Waals surface area contributed by atoms with E-state index in [1.807, 2.05) is 0 Å². The van der Waals surface area contributed by atoms with Crippen molar-refractivity contribution in [3.63, 3.8) is 0 Å². The van der Waals surface area contributed by atoms with E-state index in [1.165, 1.54) is 71.3 Å². The molecule has 1 aliphatic rings. The Morgan fingerprint density at radius 3 is 1.26 bits per heavy atom. The topological polar surface area (TPSA) is 0 Å². The third kappa shape index (κ3) is 4.25. The van der Waals surface area contributed by atoms with E-state index in [0.29, 0.717) is 0 Å². The molecule has 0 bridgehead atoms. The third-order valence-corrected chi connectivity index (χ3v) is 10.1. The maximum Gasteiger partial charge on any atom is 0.0699 e. The van der Waals surface area contributed by atoms with Crippen LogP contribution in [0.4, 0.5) is 0 Å². The number of benzene rings is 7. The lowest BCUT2D eigenvalue weighted by atomic mass is 9.75. The number of hydrogen-bond donors (Lipinski definition) is 0. The molecule has 7 aromatic rings. The smallest absolute Gasteiger partial charge is 0.0699 e. The Kier molecular flexibility index (Phi) is 6.49. The zero-order valence-corrected chi connectivity index (χ0v) is 25.8. The molecule has 0 nitrogen and oxygen atoms in total. The van der Waals surface area contributed by atoms with E-state index in [2.05, 4.69) is 186 Å². The van der Waals surface area contributed by atoms with E-state index < -0.39 is 0 Å². The van der Waals surface area contributed by atoms with Gasteiger partial charge in [-0.15, -0.1) is 0 Å². The predicted molar refractivity (Wildman–Crippen MR) is 194 cm³/mol.